The van der Waals surface area contributed by atoms with Crippen molar-refractivity contribution in [1.82, 2.24) is 0 Å². The fourth-order valence-electron chi connectivity index (χ4n) is 3.22. The van der Waals surface area contributed by atoms with Crippen LogP contribution in [0.5, 0.6) is 0 Å². The SMILES string of the molecule is CCCC[C@H](OC(=O)c1ccc(C#N)cc1)[C@H](CCCC)OC(=O)c1ccc(C#N)cc1. The van der Waals surface area contributed by atoms with Crippen LogP contribution >= 0.6 is 0 Å². The summed E-state index contributed by atoms with van der Waals surface area (Å²) in [5, 5.41) is 17.9. The Morgan fingerprint density at radius 3 is 1.34 bits per heavy atom. The van der Waals surface area contributed by atoms with Gasteiger partial charge in [0, 0.05) is 0 Å². The zero-order valence-electron chi connectivity index (χ0n) is 18.5. The Balaban J connectivity index is 2.19. The first kappa shape index (κ1) is 24.6. The second-order valence-electron chi connectivity index (χ2n) is 7.55. The second-order valence-corrected chi connectivity index (χ2v) is 7.55. The van der Waals surface area contributed by atoms with Crippen LogP contribution in [0.1, 0.15) is 84.2 Å². The van der Waals surface area contributed by atoms with Crippen LogP contribution in [0.2, 0.25) is 0 Å². The van der Waals surface area contributed by atoms with Gasteiger partial charge in [-0.1, -0.05) is 26.7 Å². The molecule has 6 nitrogen and oxygen atoms in total. The predicted octanol–water partition coefficient (Wildman–Crippen LogP) is 5.56. The largest absolute Gasteiger partial charge is 0.455 e. The Hall–Kier alpha value is -3.64. The Bertz CT molecular complexity index is 887. The molecule has 0 fully saturated rings. The maximum Gasteiger partial charge on any atom is 0.338 e. The number of benzene rings is 2. The molecule has 2 aromatic rings. The average molecular weight is 433 g/mol. The Labute approximate surface area is 189 Å². The lowest BCUT2D eigenvalue weighted by atomic mass is 10.0. The van der Waals surface area contributed by atoms with Crippen LogP contribution in [-0.2, 0) is 9.47 Å². The van der Waals surface area contributed by atoms with Gasteiger partial charge in [0.15, 0.2) is 0 Å². The van der Waals surface area contributed by atoms with Gasteiger partial charge in [0.05, 0.1) is 34.4 Å². The number of hydrogen-bond acceptors (Lipinski definition) is 6. The highest BCUT2D eigenvalue weighted by Gasteiger charge is 2.29. The molecule has 166 valence electrons. The topological polar surface area (TPSA) is 100 Å². The van der Waals surface area contributed by atoms with E-state index in [-0.39, 0.29) is 0 Å². The van der Waals surface area contributed by atoms with E-state index in [4.69, 9.17) is 20.0 Å². The lowest BCUT2D eigenvalue weighted by molar-refractivity contribution is -0.0422. The van der Waals surface area contributed by atoms with E-state index in [0.717, 1.165) is 25.7 Å². The van der Waals surface area contributed by atoms with Gasteiger partial charge in [-0.05, 0) is 74.2 Å². The van der Waals surface area contributed by atoms with E-state index >= 15 is 0 Å². The minimum atomic E-state index is -0.577. The van der Waals surface area contributed by atoms with Gasteiger partial charge in [-0.15, -0.1) is 0 Å². The van der Waals surface area contributed by atoms with E-state index in [1.54, 1.807) is 48.5 Å². The predicted molar refractivity (Wildman–Crippen MR) is 120 cm³/mol. The van der Waals surface area contributed by atoms with Gasteiger partial charge in [0.2, 0.25) is 0 Å². The summed E-state index contributed by atoms with van der Waals surface area (Å²) >= 11 is 0. The number of esters is 2. The van der Waals surface area contributed by atoms with Crippen LogP contribution in [0.25, 0.3) is 0 Å². The van der Waals surface area contributed by atoms with Gasteiger partial charge in [-0.25, -0.2) is 9.59 Å². The third-order valence-electron chi connectivity index (χ3n) is 5.12. The molecule has 0 bridgehead atoms. The summed E-state index contributed by atoms with van der Waals surface area (Å²) in [4.78, 5) is 25.5. The fraction of sp³-hybridized carbons (Fsp3) is 0.385. The molecule has 2 aromatic carbocycles. The lowest BCUT2D eigenvalue weighted by Crippen LogP contribution is -2.35. The number of unbranched alkanes of at least 4 members (excludes halogenated alkanes) is 2. The van der Waals surface area contributed by atoms with E-state index in [9.17, 15) is 9.59 Å². The summed E-state index contributed by atoms with van der Waals surface area (Å²) in [5.41, 5.74) is 1.61. The molecular weight excluding hydrogens is 404 g/mol. The monoisotopic (exact) mass is 432 g/mol. The van der Waals surface area contributed by atoms with Crippen LogP contribution in [-0.4, -0.2) is 24.1 Å². The van der Waals surface area contributed by atoms with Crippen molar-refractivity contribution in [3.8, 4) is 12.1 Å². The molecule has 0 radical (unpaired) electrons. The Morgan fingerprint density at radius 2 is 1.06 bits per heavy atom. The quantitative estimate of drug-likeness (QED) is 0.431. The van der Waals surface area contributed by atoms with Gasteiger partial charge in [-0.2, -0.15) is 10.5 Å². The first-order valence-corrected chi connectivity index (χ1v) is 10.9. The number of ether oxygens (including phenoxy) is 2. The molecule has 0 saturated carbocycles. The normalized spacial score (nSPS) is 12.1. The number of nitrogens with zero attached hydrogens (tertiary/aromatic N) is 2. The summed E-state index contributed by atoms with van der Waals surface area (Å²) in [6.07, 6.45) is 3.47. The molecule has 0 amide bonds. The second kappa shape index (κ2) is 12.9. The van der Waals surface area contributed by atoms with Crippen LogP contribution in [0.4, 0.5) is 0 Å². The highest BCUT2D eigenvalue weighted by Crippen LogP contribution is 2.21. The minimum absolute atomic E-state index is 0.346. The number of rotatable bonds is 11. The van der Waals surface area contributed by atoms with Crippen molar-refractivity contribution in [3.63, 3.8) is 0 Å². The van der Waals surface area contributed by atoms with Crippen LogP contribution in [0, 0.1) is 22.7 Å². The van der Waals surface area contributed by atoms with Crippen LogP contribution in [0.3, 0.4) is 0 Å². The first-order chi connectivity index (χ1) is 15.5. The summed E-state index contributed by atoms with van der Waals surface area (Å²) in [5.74, 6) is -1.02. The maximum atomic E-state index is 12.7. The molecular formula is C26H28N2O4. The van der Waals surface area contributed by atoms with Gasteiger partial charge in [0.1, 0.15) is 12.2 Å². The smallest absolute Gasteiger partial charge is 0.338 e. The number of carbonyl (C=O) groups is 2. The Kier molecular flexibility index (Phi) is 9.94. The molecule has 0 unspecified atom stereocenters. The lowest BCUT2D eigenvalue weighted by Gasteiger charge is -2.27. The molecule has 0 aromatic heterocycles. The molecule has 0 saturated heterocycles. The molecule has 6 heteroatoms. The standard InChI is InChI=1S/C26H28N2O4/c1-3-5-7-23(31-25(29)21-13-9-19(17-27)10-14-21)24(8-6-4-2)32-26(30)22-15-11-20(18-28)12-16-22/h9-16,23-24H,3-8H2,1-2H3/t23-,24-/m0/s1. The van der Waals surface area contributed by atoms with Crippen molar-refractivity contribution in [1.29, 1.82) is 10.5 Å². The number of hydrogen-bond donors (Lipinski definition) is 0. The molecule has 32 heavy (non-hydrogen) atoms. The molecule has 0 N–H and O–H groups in total. The molecule has 2 atom stereocenters. The fourth-order valence-corrected chi connectivity index (χ4v) is 3.22. The highest BCUT2D eigenvalue weighted by molar-refractivity contribution is 5.90. The van der Waals surface area contributed by atoms with Gasteiger partial charge in [-0.3, -0.25) is 0 Å². The zero-order valence-corrected chi connectivity index (χ0v) is 18.5. The summed E-state index contributed by atoms with van der Waals surface area (Å²) in [6.45, 7) is 4.09. The maximum absolute atomic E-state index is 12.7. The van der Waals surface area contributed by atoms with E-state index in [0.29, 0.717) is 35.1 Å². The van der Waals surface area contributed by atoms with Crippen LogP contribution in [0.15, 0.2) is 48.5 Å². The van der Waals surface area contributed by atoms with Crippen molar-refractivity contribution in [2.45, 2.75) is 64.6 Å². The number of carbonyl (C=O) groups excluding carboxylic acids is 2. The van der Waals surface area contributed by atoms with Crippen molar-refractivity contribution >= 4 is 11.9 Å². The number of nitriles is 2. The summed E-state index contributed by atoms with van der Waals surface area (Å²) in [6, 6.07) is 16.5. The van der Waals surface area contributed by atoms with Gasteiger partial charge >= 0.3 is 11.9 Å². The van der Waals surface area contributed by atoms with Gasteiger partial charge in [0.25, 0.3) is 0 Å². The average Bonchev–Trinajstić information content (AvgIpc) is 2.84. The van der Waals surface area contributed by atoms with E-state index in [2.05, 4.69) is 0 Å². The molecule has 0 heterocycles. The Morgan fingerprint density at radius 1 is 0.719 bits per heavy atom. The van der Waals surface area contributed by atoms with Crippen molar-refractivity contribution < 1.29 is 19.1 Å². The minimum Gasteiger partial charge on any atom is -0.455 e. The third-order valence-corrected chi connectivity index (χ3v) is 5.12. The molecule has 0 aliphatic heterocycles. The van der Waals surface area contributed by atoms with Crippen LogP contribution < -0.4 is 0 Å². The zero-order chi connectivity index (χ0) is 23.3. The van der Waals surface area contributed by atoms with E-state index < -0.39 is 24.1 Å². The highest BCUT2D eigenvalue weighted by atomic mass is 16.6. The first-order valence-electron chi connectivity index (χ1n) is 10.9. The van der Waals surface area contributed by atoms with Crippen molar-refractivity contribution in [2.75, 3.05) is 0 Å². The van der Waals surface area contributed by atoms with Crippen molar-refractivity contribution in [3.05, 3.63) is 70.8 Å². The molecule has 0 aliphatic rings. The van der Waals surface area contributed by atoms with E-state index in [1.165, 1.54) is 0 Å². The molecule has 0 aliphatic carbocycles. The van der Waals surface area contributed by atoms with E-state index in [1.807, 2.05) is 26.0 Å². The molecule has 2 rings (SSSR count). The summed E-state index contributed by atoms with van der Waals surface area (Å²) in [7, 11) is 0. The van der Waals surface area contributed by atoms with Gasteiger partial charge < -0.3 is 9.47 Å². The third kappa shape index (κ3) is 7.25. The van der Waals surface area contributed by atoms with Crippen molar-refractivity contribution in [2.24, 2.45) is 0 Å². The molecule has 0 spiro atoms. The summed E-state index contributed by atoms with van der Waals surface area (Å²) < 4.78 is 11.6.